The maximum Gasteiger partial charge on any atom is 0.329 e. The predicted octanol–water partition coefficient (Wildman–Crippen LogP) is 2.17. The smallest absolute Gasteiger partial charge is 0.329 e. The lowest BCUT2D eigenvalue weighted by atomic mass is 10.2. The zero-order chi connectivity index (χ0) is 16.5. The van der Waals surface area contributed by atoms with Crippen molar-refractivity contribution in [1.29, 1.82) is 0 Å². The van der Waals surface area contributed by atoms with Crippen LogP contribution in [-0.4, -0.2) is 24.6 Å². The Morgan fingerprint density at radius 1 is 1.04 bits per heavy atom. The first-order valence-electron chi connectivity index (χ1n) is 7.12. The van der Waals surface area contributed by atoms with E-state index in [1.807, 2.05) is 25.1 Å². The number of nitrogens with one attached hydrogen (secondary N) is 2. The molecule has 118 valence electrons. The van der Waals surface area contributed by atoms with Gasteiger partial charge < -0.3 is 10.1 Å². The number of carbonyl (C=O) groups excluding carboxylic acids is 2. The monoisotopic (exact) mass is 311 g/mol. The lowest BCUT2D eigenvalue weighted by Crippen LogP contribution is -2.32. The Kier molecular flexibility index (Phi) is 5.88. The Labute approximate surface area is 134 Å². The van der Waals surface area contributed by atoms with Crippen LogP contribution in [0.3, 0.4) is 0 Å². The molecule has 2 amide bonds. The summed E-state index contributed by atoms with van der Waals surface area (Å²) in [5.74, 6) is -0.979. The summed E-state index contributed by atoms with van der Waals surface area (Å²) in [5, 5.41) is 6.25. The number of hydrazone groups is 1. The molecule has 2 rings (SSSR count). The molecule has 0 unspecified atom stereocenters. The van der Waals surface area contributed by atoms with Gasteiger partial charge in [-0.1, -0.05) is 30.3 Å². The molecule has 0 aliphatic heterocycles. The fourth-order valence-electron chi connectivity index (χ4n) is 1.79. The van der Waals surface area contributed by atoms with Gasteiger partial charge in [-0.3, -0.25) is 9.59 Å². The highest BCUT2D eigenvalue weighted by Crippen LogP contribution is 2.15. The fraction of sp³-hybridized carbons (Fsp3) is 0.118. The maximum absolute atomic E-state index is 11.7. The minimum absolute atomic E-state index is 0.524. The molecule has 0 aliphatic carbocycles. The molecular formula is C17H17N3O3. The van der Waals surface area contributed by atoms with Gasteiger partial charge in [0.2, 0.25) is 0 Å². The van der Waals surface area contributed by atoms with Crippen molar-refractivity contribution in [3.8, 4) is 5.75 Å². The van der Waals surface area contributed by atoms with Gasteiger partial charge in [0.25, 0.3) is 0 Å². The third kappa shape index (κ3) is 4.96. The number of ether oxygens (including phenoxy) is 1. The third-order valence-corrected chi connectivity index (χ3v) is 2.83. The van der Waals surface area contributed by atoms with Gasteiger partial charge in [0.05, 0.1) is 12.8 Å². The van der Waals surface area contributed by atoms with Gasteiger partial charge in [-0.25, -0.2) is 5.43 Å². The van der Waals surface area contributed by atoms with Crippen LogP contribution in [0.1, 0.15) is 12.5 Å². The summed E-state index contributed by atoms with van der Waals surface area (Å²) in [6, 6.07) is 16.0. The van der Waals surface area contributed by atoms with E-state index in [1.54, 1.807) is 36.4 Å². The topological polar surface area (TPSA) is 79.8 Å². The first-order valence-corrected chi connectivity index (χ1v) is 7.12. The molecule has 0 saturated carbocycles. The van der Waals surface area contributed by atoms with Crippen LogP contribution in [-0.2, 0) is 9.59 Å². The average molecular weight is 311 g/mol. The van der Waals surface area contributed by atoms with E-state index in [2.05, 4.69) is 15.8 Å². The molecule has 0 saturated heterocycles. The quantitative estimate of drug-likeness (QED) is 0.504. The molecule has 6 nitrogen and oxygen atoms in total. The Balaban J connectivity index is 1.92. The van der Waals surface area contributed by atoms with E-state index in [-0.39, 0.29) is 0 Å². The van der Waals surface area contributed by atoms with Crippen LogP contribution in [0.15, 0.2) is 59.7 Å². The van der Waals surface area contributed by atoms with Gasteiger partial charge in [0.15, 0.2) is 0 Å². The number of benzene rings is 2. The van der Waals surface area contributed by atoms with Gasteiger partial charge in [0, 0.05) is 11.3 Å². The minimum Gasteiger partial charge on any atom is -0.493 e. The Morgan fingerprint density at radius 2 is 1.74 bits per heavy atom. The van der Waals surface area contributed by atoms with Gasteiger partial charge in [0.1, 0.15) is 5.75 Å². The molecule has 6 heteroatoms. The third-order valence-electron chi connectivity index (χ3n) is 2.83. The number of hydrogen-bond acceptors (Lipinski definition) is 4. The zero-order valence-electron chi connectivity index (χ0n) is 12.7. The molecule has 2 aromatic carbocycles. The molecule has 23 heavy (non-hydrogen) atoms. The molecular weight excluding hydrogens is 294 g/mol. The lowest BCUT2D eigenvalue weighted by molar-refractivity contribution is -0.136. The van der Waals surface area contributed by atoms with Crippen LogP contribution < -0.4 is 15.5 Å². The zero-order valence-corrected chi connectivity index (χ0v) is 12.7. The number of rotatable bonds is 5. The number of para-hydroxylation sites is 2. The van der Waals surface area contributed by atoms with Crippen molar-refractivity contribution in [2.45, 2.75) is 6.92 Å². The van der Waals surface area contributed by atoms with E-state index in [0.717, 1.165) is 0 Å². The standard InChI is InChI=1S/C17H17N3O3/c1-2-23-15-11-7-6-8-13(15)12-18-20-17(22)16(21)19-14-9-4-3-5-10-14/h3-12H,2H2,1H3,(H,19,21)(H,20,22). The summed E-state index contributed by atoms with van der Waals surface area (Å²) < 4.78 is 5.44. The molecule has 0 bridgehead atoms. The van der Waals surface area contributed by atoms with E-state index in [0.29, 0.717) is 23.6 Å². The Bertz CT molecular complexity index is 699. The van der Waals surface area contributed by atoms with Crippen LogP contribution in [0.25, 0.3) is 0 Å². The van der Waals surface area contributed by atoms with Gasteiger partial charge >= 0.3 is 11.8 Å². The summed E-state index contributed by atoms with van der Waals surface area (Å²) in [6.45, 7) is 2.40. The van der Waals surface area contributed by atoms with Crippen LogP contribution in [0.5, 0.6) is 5.75 Å². The normalized spacial score (nSPS) is 10.3. The molecule has 0 spiro atoms. The molecule has 0 fully saturated rings. The largest absolute Gasteiger partial charge is 0.493 e. The van der Waals surface area contributed by atoms with E-state index in [9.17, 15) is 9.59 Å². The van der Waals surface area contributed by atoms with Crippen molar-refractivity contribution in [2.24, 2.45) is 5.10 Å². The Morgan fingerprint density at radius 3 is 2.48 bits per heavy atom. The van der Waals surface area contributed by atoms with Crippen molar-refractivity contribution < 1.29 is 14.3 Å². The highest BCUT2D eigenvalue weighted by Gasteiger charge is 2.12. The van der Waals surface area contributed by atoms with E-state index in [1.165, 1.54) is 6.21 Å². The van der Waals surface area contributed by atoms with Crippen molar-refractivity contribution >= 4 is 23.7 Å². The summed E-state index contributed by atoms with van der Waals surface area (Å²) in [4.78, 5) is 23.4. The number of amides is 2. The minimum atomic E-state index is -0.848. The van der Waals surface area contributed by atoms with Crippen molar-refractivity contribution in [3.05, 3.63) is 60.2 Å². The van der Waals surface area contributed by atoms with Crippen LogP contribution in [0.4, 0.5) is 5.69 Å². The summed E-state index contributed by atoms with van der Waals surface area (Å²) in [5.41, 5.74) is 3.43. The Hall–Kier alpha value is -3.15. The van der Waals surface area contributed by atoms with Crippen molar-refractivity contribution in [1.82, 2.24) is 5.43 Å². The van der Waals surface area contributed by atoms with Gasteiger partial charge in [-0.15, -0.1) is 0 Å². The van der Waals surface area contributed by atoms with E-state index < -0.39 is 11.8 Å². The second kappa shape index (κ2) is 8.33. The first kappa shape index (κ1) is 16.2. The van der Waals surface area contributed by atoms with Crippen LogP contribution >= 0.6 is 0 Å². The predicted molar refractivity (Wildman–Crippen MR) is 88.4 cm³/mol. The van der Waals surface area contributed by atoms with Gasteiger partial charge in [-0.05, 0) is 31.2 Å². The molecule has 0 atom stereocenters. The molecule has 0 radical (unpaired) electrons. The van der Waals surface area contributed by atoms with Crippen molar-refractivity contribution in [2.75, 3.05) is 11.9 Å². The fourth-order valence-corrected chi connectivity index (χ4v) is 1.79. The van der Waals surface area contributed by atoms with Gasteiger partial charge in [-0.2, -0.15) is 5.10 Å². The molecule has 0 aliphatic rings. The summed E-state index contributed by atoms with van der Waals surface area (Å²) in [7, 11) is 0. The molecule has 0 aromatic heterocycles. The second-order valence-electron chi connectivity index (χ2n) is 4.49. The number of anilines is 1. The summed E-state index contributed by atoms with van der Waals surface area (Å²) in [6.07, 6.45) is 1.43. The van der Waals surface area contributed by atoms with Crippen LogP contribution in [0, 0.1) is 0 Å². The molecule has 2 aromatic rings. The lowest BCUT2D eigenvalue weighted by Gasteiger charge is -2.06. The molecule has 0 heterocycles. The highest BCUT2D eigenvalue weighted by atomic mass is 16.5. The van der Waals surface area contributed by atoms with E-state index in [4.69, 9.17) is 4.74 Å². The SMILES string of the molecule is CCOc1ccccc1C=NNC(=O)C(=O)Nc1ccccc1. The van der Waals surface area contributed by atoms with Crippen molar-refractivity contribution in [3.63, 3.8) is 0 Å². The maximum atomic E-state index is 11.7. The first-order chi connectivity index (χ1) is 11.2. The number of carbonyl (C=O) groups is 2. The number of hydrogen-bond donors (Lipinski definition) is 2. The summed E-state index contributed by atoms with van der Waals surface area (Å²) >= 11 is 0. The molecule has 2 N–H and O–H groups in total. The second-order valence-corrected chi connectivity index (χ2v) is 4.49. The highest BCUT2D eigenvalue weighted by molar-refractivity contribution is 6.39. The van der Waals surface area contributed by atoms with E-state index >= 15 is 0 Å². The average Bonchev–Trinajstić information content (AvgIpc) is 2.57. The van der Waals surface area contributed by atoms with Crippen LogP contribution in [0.2, 0.25) is 0 Å². The number of nitrogens with zero attached hydrogens (tertiary/aromatic N) is 1.